The maximum atomic E-state index is 16.5. The number of anilines is 12. The fourth-order valence-electron chi connectivity index (χ4n) is 17.6. The van der Waals surface area contributed by atoms with E-state index in [2.05, 4.69) is 291 Å². The summed E-state index contributed by atoms with van der Waals surface area (Å²) < 4.78 is 17.4. The molecule has 13 aromatic carbocycles. The molecule has 91 heavy (non-hydrogen) atoms. The second kappa shape index (κ2) is 17.4. The monoisotopic (exact) mass is 1160 g/mol. The van der Waals surface area contributed by atoms with Gasteiger partial charge in [0.25, 0.3) is 26.9 Å². The van der Waals surface area contributed by atoms with Crippen molar-refractivity contribution in [3.05, 3.63) is 283 Å². The van der Waals surface area contributed by atoms with Crippen molar-refractivity contribution in [1.29, 1.82) is 0 Å². The van der Waals surface area contributed by atoms with E-state index >= 15 is 4.79 Å². The lowest BCUT2D eigenvalue weighted by Crippen LogP contribution is -2.68. The van der Waals surface area contributed by atoms with Crippen LogP contribution in [0.2, 0.25) is 0 Å². The number of aromatic nitrogens is 1. The molecule has 0 atom stereocenters. The molecule has 0 radical (unpaired) electrons. The molecule has 8 aliphatic rings. The van der Waals surface area contributed by atoms with Crippen molar-refractivity contribution in [2.75, 3.05) is 19.6 Å². The third-order valence-corrected chi connectivity index (χ3v) is 21.0. The van der Waals surface area contributed by atoms with Crippen molar-refractivity contribution in [1.82, 2.24) is 4.57 Å². The Bertz CT molecular complexity index is 5380. The average molecular weight is 1160 g/mol. The Labute approximate surface area is 525 Å². The first kappa shape index (κ1) is 48.4. The average Bonchev–Trinajstić information content (AvgIpc) is 0.683. The lowest BCUT2D eigenvalue weighted by Gasteiger charge is -2.49. The molecule has 0 N–H and O–H groups in total. The molecule has 22 rings (SSSR count). The van der Waals surface area contributed by atoms with Crippen LogP contribution >= 0.6 is 0 Å². The summed E-state index contributed by atoms with van der Waals surface area (Å²) in [6.07, 6.45) is 0. The second-order valence-corrected chi connectivity index (χ2v) is 25.3. The molecule has 1 aromatic heterocycles. The summed E-state index contributed by atoms with van der Waals surface area (Å²) in [4.78, 5) is 26.4. The zero-order chi connectivity index (χ0) is 59.1. The van der Waals surface area contributed by atoms with Crippen LogP contribution in [0.4, 0.5) is 68.2 Å². The van der Waals surface area contributed by atoms with E-state index in [1.807, 2.05) is 6.07 Å². The Kier molecular flexibility index (Phi) is 9.24. The van der Waals surface area contributed by atoms with Crippen molar-refractivity contribution in [2.24, 2.45) is 0 Å². The van der Waals surface area contributed by atoms with Gasteiger partial charge in [-0.3, -0.25) is 4.79 Å². The Morgan fingerprint density at radius 2 is 0.549 bits per heavy atom. The Hall–Kier alpha value is -11.6. The number of benzene rings is 13. The summed E-state index contributed by atoms with van der Waals surface area (Å²) in [6.45, 7) is -0.617. The maximum absolute atomic E-state index is 16.5. The highest BCUT2D eigenvalue weighted by Crippen LogP contribution is 2.51. The third-order valence-electron chi connectivity index (χ3n) is 21.0. The van der Waals surface area contributed by atoms with Gasteiger partial charge in [-0.05, 0) is 150 Å². The molecule has 0 amide bonds. The van der Waals surface area contributed by atoms with Crippen molar-refractivity contribution in [3.63, 3.8) is 0 Å². The van der Waals surface area contributed by atoms with Gasteiger partial charge in [0.15, 0.2) is 5.43 Å². The number of para-hydroxylation sites is 9. The van der Waals surface area contributed by atoms with Gasteiger partial charge in [-0.1, -0.05) is 164 Å². The van der Waals surface area contributed by atoms with Gasteiger partial charge < -0.3 is 33.6 Å². The van der Waals surface area contributed by atoms with Crippen LogP contribution in [0.1, 0.15) is 0 Å². The van der Waals surface area contributed by atoms with Gasteiger partial charge in [0.2, 0.25) is 0 Å². The van der Waals surface area contributed by atoms with Crippen LogP contribution in [0.5, 0.6) is 23.0 Å². The third kappa shape index (κ3) is 6.08. The van der Waals surface area contributed by atoms with E-state index in [4.69, 9.17) is 9.47 Å². The molecule has 0 saturated carbocycles. The highest BCUT2D eigenvalue weighted by molar-refractivity contribution is 7.05. The predicted octanol–water partition coefficient (Wildman–Crippen LogP) is 10.2. The van der Waals surface area contributed by atoms with Gasteiger partial charge in [0.05, 0.1) is 11.0 Å². The van der Waals surface area contributed by atoms with E-state index in [9.17, 15) is 0 Å². The SMILES string of the molecule is O=c1c2cc3c(cc2n(-c2ccccc2)c2cc4c(cc12)B1c2ccccc2N2c5ccccc5B5c6ccccc6N(c6ccccc6)c6cc(c1c2c65)O4)Oc1cc2c4c5c1B3c1ccccc1N5c1ccccc1B4c1ccccc1N2c1ccccc1. The van der Waals surface area contributed by atoms with Crippen LogP contribution in [-0.4, -0.2) is 31.4 Å². The van der Waals surface area contributed by atoms with Gasteiger partial charge in [0, 0.05) is 109 Å². The first-order valence-corrected chi connectivity index (χ1v) is 31.5. The zero-order valence-corrected chi connectivity index (χ0v) is 48.8. The Morgan fingerprint density at radius 3 is 0.901 bits per heavy atom. The fourth-order valence-corrected chi connectivity index (χ4v) is 17.6. The molecule has 0 spiro atoms. The summed E-state index contributed by atoms with van der Waals surface area (Å²) in [7, 11) is 0. The van der Waals surface area contributed by atoms with E-state index in [1.54, 1.807) is 0 Å². The first-order valence-electron chi connectivity index (χ1n) is 31.5. The number of ether oxygens (including phenoxy) is 2. The van der Waals surface area contributed by atoms with E-state index in [1.165, 1.54) is 32.8 Å². The van der Waals surface area contributed by atoms with E-state index in [0.29, 0.717) is 22.3 Å². The van der Waals surface area contributed by atoms with Crippen LogP contribution in [-0.2, 0) is 0 Å². The number of hydrogen-bond acceptors (Lipinski definition) is 7. The van der Waals surface area contributed by atoms with Crippen LogP contribution in [0.15, 0.2) is 278 Å². The lowest BCUT2D eigenvalue weighted by atomic mass is 9.29. The minimum absolute atomic E-state index is 0.0393. The normalized spacial score (nSPS) is 14.4. The first-order chi connectivity index (χ1) is 45.1. The second-order valence-electron chi connectivity index (χ2n) is 25.3. The van der Waals surface area contributed by atoms with Gasteiger partial charge in [0.1, 0.15) is 23.0 Å². The van der Waals surface area contributed by atoms with Gasteiger partial charge in [-0.2, -0.15) is 0 Å². The molecule has 12 heteroatoms. The van der Waals surface area contributed by atoms with Crippen LogP contribution in [0.25, 0.3) is 27.5 Å². The van der Waals surface area contributed by atoms with Crippen LogP contribution in [0.3, 0.4) is 0 Å². The standard InChI is InChI=1S/C79H45B4N5O3/c89-79-49-40-57-69(90-71-44-67-73-77-75(71)82(57)55-32-14-20-38-63(55)87(77)61-36-18-12-30-53(61)80(73)51-28-10-16-34-59(51)84(67)46-22-4-1-5-23-46)42-65(49)86(48-26-8-3-9-27-48)66-43-70-58(41-50(66)79)83-56-33-15-21-39-64(56)88-62-37-19-13-31-54(62)81-52-29-11-17-35-60(52)85(47-24-6-2-7-25-47)68-45-72(91-70)76(83)78(88)74(68)81/h1-45H. The van der Waals surface area contributed by atoms with Crippen molar-refractivity contribution in [3.8, 4) is 28.7 Å². The van der Waals surface area contributed by atoms with Crippen molar-refractivity contribution >= 4 is 182 Å². The number of fused-ring (bicyclic) bond motifs is 22. The fraction of sp³-hybridized carbons (Fsp3) is 0. The molecule has 8 aliphatic heterocycles. The maximum Gasteiger partial charge on any atom is 0.256 e. The van der Waals surface area contributed by atoms with Crippen LogP contribution in [0, 0.1) is 0 Å². The summed E-state index contributed by atoms with van der Waals surface area (Å²) in [5.41, 5.74) is 29.9. The van der Waals surface area contributed by atoms with Crippen molar-refractivity contribution < 1.29 is 9.47 Å². The number of rotatable bonds is 3. The highest BCUT2D eigenvalue weighted by atomic mass is 16.5. The van der Waals surface area contributed by atoms with Gasteiger partial charge in [-0.15, -0.1) is 0 Å². The smallest absolute Gasteiger partial charge is 0.256 e. The minimum Gasteiger partial charge on any atom is -0.458 e. The summed E-state index contributed by atoms with van der Waals surface area (Å²) in [5, 5.41) is 1.24. The van der Waals surface area contributed by atoms with E-state index < -0.39 is 0 Å². The molecule has 9 heterocycles. The molecular weight excluding hydrogens is 1110 g/mol. The summed E-state index contributed by atoms with van der Waals surface area (Å²) in [6, 6.07) is 98.7. The molecule has 0 unspecified atom stereocenters. The predicted molar refractivity (Wildman–Crippen MR) is 377 cm³/mol. The van der Waals surface area contributed by atoms with Crippen molar-refractivity contribution in [2.45, 2.75) is 0 Å². The Balaban J connectivity index is 0.804. The van der Waals surface area contributed by atoms with Crippen LogP contribution < -0.4 is 100 Å². The minimum atomic E-state index is -0.263. The topological polar surface area (TPSA) is 53.4 Å². The quantitative estimate of drug-likeness (QED) is 0.129. The van der Waals surface area contributed by atoms with E-state index in [-0.39, 0.29) is 32.3 Å². The highest BCUT2D eigenvalue weighted by Gasteiger charge is 2.54. The molecule has 0 saturated heterocycles. The molecule has 0 fully saturated rings. The molecule has 0 aliphatic carbocycles. The number of nitrogens with zero attached hydrogens (tertiary/aromatic N) is 5. The molecular formula is C79H45B4N5O3. The van der Waals surface area contributed by atoms with Gasteiger partial charge >= 0.3 is 0 Å². The van der Waals surface area contributed by atoms with E-state index in [0.717, 1.165) is 129 Å². The van der Waals surface area contributed by atoms with Gasteiger partial charge in [-0.25, -0.2) is 0 Å². The summed E-state index contributed by atoms with van der Waals surface area (Å²) in [5.74, 6) is 3.04. The molecule has 8 nitrogen and oxygen atoms in total. The molecule has 416 valence electrons. The lowest BCUT2D eigenvalue weighted by molar-refractivity contribution is 0.488. The summed E-state index contributed by atoms with van der Waals surface area (Å²) >= 11 is 0. The largest absolute Gasteiger partial charge is 0.458 e. The zero-order valence-electron chi connectivity index (χ0n) is 48.8. The Morgan fingerprint density at radius 1 is 0.253 bits per heavy atom. The number of pyridine rings is 1. The molecule has 0 bridgehead atoms. The number of hydrogen-bond donors (Lipinski definition) is 0. The molecule has 14 aromatic rings.